The van der Waals surface area contributed by atoms with Crippen LogP contribution in [0.5, 0.6) is 5.75 Å². The van der Waals surface area contributed by atoms with Crippen LogP contribution in [0, 0.1) is 0 Å². The third kappa shape index (κ3) is 3.85. The molecule has 2 heterocycles. The lowest BCUT2D eigenvalue weighted by Crippen LogP contribution is -2.59. The number of aliphatic hydroxyl groups excluding tert-OH is 1. The van der Waals surface area contributed by atoms with Crippen LogP contribution in [-0.2, 0) is 16.4 Å². The molecule has 26 heavy (non-hydrogen) atoms. The zero-order valence-electron chi connectivity index (χ0n) is 14.7. The van der Waals surface area contributed by atoms with Crippen molar-refractivity contribution in [2.45, 2.75) is 18.6 Å². The predicted octanol–water partition coefficient (Wildman–Crippen LogP) is -0.331. The van der Waals surface area contributed by atoms with Gasteiger partial charge < -0.3 is 14.9 Å². The van der Waals surface area contributed by atoms with Gasteiger partial charge in [-0.1, -0.05) is 6.07 Å². The highest BCUT2D eigenvalue weighted by molar-refractivity contribution is 7.91. The van der Waals surface area contributed by atoms with E-state index < -0.39 is 15.8 Å². The van der Waals surface area contributed by atoms with Crippen LogP contribution in [0.4, 0.5) is 0 Å². The molecule has 0 spiro atoms. The van der Waals surface area contributed by atoms with Gasteiger partial charge in [0.15, 0.2) is 9.84 Å². The quantitative estimate of drug-likeness (QED) is 0.687. The molecule has 144 valence electrons. The summed E-state index contributed by atoms with van der Waals surface area (Å²) in [5.74, 6) is -0.549. The monoisotopic (exact) mass is 384 g/mol. The summed E-state index contributed by atoms with van der Waals surface area (Å²) >= 11 is 0. The fourth-order valence-electron chi connectivity index (χ4n) is 3.95. The summed E-state index contributed by atoms with van der Waals surface area (Å²) in [7, 11) is -1.69. The molecule has 0 radical (unpaired) electrons. The molecule has 0 saturated carbocycles. The van der Waals surface area contributed by atoms with Crippen molar-refractivity contribution >= 4 is 15.8 Å². The minimum absolute atomic E-state index is 0.00369. The molecule has 0 amide bonds. The number of hydrogen-bond acceptors (Lipinski definition) is 7. The summed E-state index contributed by atoms with van der Waals surface area (Å²) in [4.78, 5) is 15.6. The number of nitrogens with zero attached hydrogens (tertiary/aromatic N) is 2. The van der Waals surface area contributed by atoms with Gasteiger partial charge in [-0.2, -0.15) is 0 Å². The summed E-state index contributed by atoms with van der Waals surface area (Å²) in [6, 6.07) is 4.75. The van der Waals surface area contributed by atoms with E-state index in [1.54, 1.807) is 12.1 Å². The first kappa shape index (κ1) is 19.1. The maximum Gasteiger partial charge on any atom is 0.339 e. The van der Waals surface area contributed by atoms with Gasteiger partial charge in [0.25, 0.3) is 0 Å². The third-order valence-corrected chi connectivity index (χ3v) is 6.87. The predicted molar refractivity (Wildman–Crippen MR) is 95.3 cm³/mol. The first-order chi connectivity index (χ1) is 12.3. The second kappa shape index (κ2) is 7.51. The van der Waals surface area contributed by atoms with E-state index in [0.717, 1.165) is 5.56 Å². The second-order valence-corrected chi connectivity index (χ2v) is 8.94. The van der Waals surface area contributed by atoms with Gasteiger partial charge in [0.1, 0.15) is 11.3 Å². The smallest absolute Gasteiger partial charge is 0.339 e. The van der Waals surface area contributed by atoms with E-state index in [-0.39, 0.29) is 35.8 Å². The lowest BCUT2D eigenvalue weighted by atomic mass is 10.0. The van der Waals surface area contributed by atoms with Crippen LogP contribution in [0.15, 0.2) is 18.2 Å². The minimum atomic E-state index is -3.12. The van der Waals surface area contributed by atoms with E-state index in [9.17, 15) is 23.4 Å². The summed E-state index contributed by atoms with van der Waals surface area (Å²) in [5, 5.41) is 18.6. The van der Waals surface area contributed by atoms with Gasteiger partial charge in [-0.25, -0.2) is 13.2 Å². The van der Waals surface area contributed by atoms with Crippen LogP contribution in [0.2, 0.25) is 0 Å². The molecule has 0 aliphatic carbocycles. The Hall–Kier alpha value is -1.68. The molecule has 2 atom stereocenters. The van der Waals surface area contributed by atoms with Crippen LogP contribution in [0.3, 0.4) is 0 Å². The molecule has 8 nitrogen and oxygen atoms in total. The van der Waals surface area contributed by atoms with Crippen molar-refractivity contribution in [2.24, 2.45) is 0 Å². The number of hydrogen-bond donors (Lipinski definition) is 2. The fourth-order valence-corrected chi connectivity index (χ4v) is 6.00. The van der Waals surface area contributed by atoms with Crippen LogP contribution >= 0.6 is 0 Å². The fraction of sp³-hybridized carbons (Fsp3) is 0.588. The molecular formula is C17H24N2O6S. The molecule has 1 aromatic carbocycles. The number of aromatic carboxylic acids is 1. The molecule has 0 aromatic heterocycles. The summed E-state index contributed by atoms with van der Waals surface area (Å²) in [5.41, 5.74) is 0.904. The number of benzene rings is 1. The molecule has 2 N–H and O–H groups in total. The number of aliphatic hydroxyl groups is 1. The van der Waals surface area contributed by atoms with Crippen LogP contribution < -0.4 is 4.74 Å². The van der Waals surface area contributed by atoms with Gasteiger partial charge in [0, 0.05) is 38.3 Å². The maximum atomic E-state index is 12.2. The van der Waals surface area contributed by atoms with Gasteiger partial charge in [0.05, 0.1) is 25.2 Å². The van der Waals surface area contributed by atoms with E-state index in [1.165, 1.54) is 7.11 Å². The van der Waals surface area contributed by atoms with E-state index in [1.807, 2.05) is 11.0 Å². The number of carboxylic acids is 1. The van der Waals surface area contributed by atoms with Gasteiger partial charge in [-0.15, -0.1) is 0 Å². The summed E-state index contributed by atoms with van der Waals surface area (Å²) in [6.45, 7) is 2.30. The average Bonchev–Trinajstić information content (AvgIpc) is 2.93. The summed E-state index contributed by atoms with van der Waals surface area (Å²) in [6.07, 6.45) is 0. The number of β-amino-alcohol motifs (C(OH)–C–C–N with tert-alkyl or cyclic N) is 1. The van der Waals surface area contributed by atoms with Crippen molar-refractivity contribution in [2.75, 3.05) is 44.9 Å². The van der Waals surface area contributed by atoms with Gasteiger partial charge >= 0.3 is 5.97 Å². The first-order valence-electron chi connectivity index (χ1n) is 8.54. The van der Waals surface area contributed by atoms with Crippen molar-refractivity contribution in [3.63, 3.8) is 0 Å². The Morgan fingerprint density at radius 3 is 2.50 bits per heavy atom. The molecule has 2 fully saturated rings. The number of methoxy groups -OCH3 is 1. The van der Waals surface area contributed by atoms with Gasteiger partial charge in [-0.3, -0.25) is 9.80 Å². The Balaban J connectivity index is 1.82. The Kier molecular flexibility index (Phi) is 5.52. The molecule has 0 unspecified atom stereocenters. The highest BCUT2D eigenvalue weighted by Gasteiger charge is 2.46. The van der Waals surface area contributed by atoms with E-state index in [4.69, 9.17) is 4.74 Å². The number of ether oxygens (including phenoxy) is 1. The van der Waals surface area contributed by atoms with Crippen molar-refractivity contribution < 1.29 is 28.2 Å². The standard InChI is InChI=1S/C17H24N2O6S/c1-25-16-3-2-12(8-13(16)17(21)22)9-19-5-4-18(6-7-20)14-10-26(23,24)11-15(14)19/h2-3,8,14-15,20H,4-7,9-11H2,1H3,(H,21,22)/t14-,15+/m1/s1. The van der Waals surface area contributed by atoms with E-state index >= 15 is 0 Å². The number of carboxylic acid groups (broad SMARTS) is 1. The number of carbonyl (C=O) groups is 1. The maximum absolute atomic E-state index is 12.2. The molecule has 9 heteroatoms. The number of piperazine rings is 1. The number of rotatable bonds is 6. The Bertz CT molecular complexity index is 781. The molecule has 0 bridgehead atoms. The zero-order chi connectivity index (χ0) is 18.9. The average molecular weight is 384 g/mol. The molecule has 1 aromatic rings. The van der Waals surface area contributed by atoms with Crippen molar-refractivity contribution in [1.29, 1.82) is 0 Å². The van der Waals surface area contributed by atoms with Crippen LogP contribution in [0.25, 0.3) is 0 Å². The SMILES string of the molecule is COc1ccc(CN2CCN(CCO)[C@@H]3CS(=O)(=O)C[C@@H]32)cc1C(=O)O. The highest BCUT2D eigenvalue weighted by atomic mass is 32.2. The molecule has 2 aliphatic rings. The molecule has 3 rings (SSSR count). The third-order valence-electron chi connectivity index (χ3n) is 5.17. The number of fused-ring (bicyclic) bond motifs is 1. The molecule has 2 saturated heterocycles. The molecular weight excluding hydrogens is 360 g/mol. The normalized spacial score (nSPS) is 25.8. The Labute approximate surface area is 152 Å². The lowest BCUT2D eigenvalue weighted by molar-refractivity contribution is 0.0307. The second-order valence-electron chi connectivity index (χ2n) is 6.78. The van der Waals surface area contributed by atoms with E-state index in [0.29, 0.717) is 31.9 Å². The zero-order valence-corrected chi connectivity index (χ0v) is 15.5. The van der Waals surface area contributed by atoms with Crippen molar-refractivity contribution in [1.82, 2.24) is 9.80 Å². The van der Waals surface area contributed by atoms with Crippen molar-refractivity contribution in [3.8, 4) is 5.75 Å². The van der Waals surface area contributed by atoms with E-state index in [2.05, 4.69) is 4.90 Å². The van der Waals surface area contributed by atoms with Gasteiger partial charge in [0.2, 0.25) is 0 Å². The van der Waals surface area contributed by atoms with Crippen LogP contribution in [-0.4, -0.2) is 91.3 Å². The Morgan fingerprint density at radius 2 is 1.88 bits per heavy atom. The largest absolute Gasteiger partial charge is 0.496 e. The van der Waals surface area contributed by atoms with Crippen molar-refractivity contribution in [3.05, 3.63) is 29.3 Å². The first-order valence-corrected chi connectivity index (χ1v) is 10.4. The van der Waals surface area contributed by atoms with Crippen LogP contribution in [0.1, 0.15) is 15.9 Å². The lowest BCUT2D eigenvalue weighted by Gasteiger charge is -2.43. The minimum Gasteiger partial charge on any atom is -0.496 e. The topological polar surface area (TPSA) is 107 Å². The molecule has 2 aliphatic heterocycles. The highest BCUT2D eigenvalue weighted by Crippen LogP contribution is 2.29. The number of sulfone groups is 1. The van der Waals surface area contributed by atoms with Gasteiger partial charge in [-0.05, 0) is 17.7 Å². The summed E-state index contributed by atoms with van der Waals surface area (Å²) < 4.78 is 29.4. The Morgan fingerprint density at radius 1 is 1.23 bits per heavy atom.